The first-order valence-electron chi connectivity index (χ1n) is 9.93. The molecule has 7 heteroatoms. The SMILES string of the molecule is Cc1nc2ccccn2c1C(=O)N1CCCC(c2nccn2CCN(C)C)C1. The number of aryl methyl sites for hydroxylation is 1. The highest BCUT2D eigenvalue weighted by Crippen LogP contribution is 2.27. The van der Waals surface area contributed by atoms with Crippen molar-refractivity contribution in [1.82, 2.24) is 28.7 Å². The summed E-state index contributed by atoms with van der Waals surface area (Å²) in [5.74, 6) is 1.43. The fourth-order valence-electron chi connectivity index (χ4n) is 4.07. The number of fused-ring (bicyclic) bond motifs is 1. The molecule has 1 aliphatic heterocycles. The van der Waals surface area contributed by atoms with Crippen LogP contribution in [0.2, 0.25) is 0 Å². The minimum absolute atomic E-state index is 0.0623. The number of nitrogens with zero attached hydrogens (tertiary/aromatic N) is 6. The van der Waals surface area contributed by atoms with Gasteiger partial charge in [0.25, 0.3) is 5.91 Å². The first-order chi connectivity index (χ1) is 13.5. The minimum Gasteiger partial charge on any atom is -0.337 e. The monoisotopic (exact) mass is 380 g/mol. The number of hydrogen-bond donors (Lipinski definition) is 0. The number of amides is 1. The van der Waals surface area contributed by atoms with Crippen molar-refractivity contribution in [3.05, 3.63) is 54.0 Å². The molecule has 3 aromatic rings. The van der Waals surface area contributed by atoms with E-state index in [-0.39, 0.29) is 11.8 Å². The Hall–Kier alpha value is -2.67. The summed E-state index contributed by atoms with van der Waals surface area (Å²) in [5.41, 5.74) is 2.27. The first-order valence-corrected chi connectivity index (χ1v) is 9.93. The fourth-order valence-corrected chi connectivity index (χ4v) is 4.07. The summed E-state index contributed by atoms with van der Waals surface area (Å²) in [6.07, 6.45) is 7.90. The number of carbonyl (C=O) groups is 1. The Morgan fingerprint density at radius 3 is 2.96 bits per heavy atom. The number of pyridine rings is 1. The van der Waals surface area contributed by atoms with Gasteiger partial charge in [0.15, 0.2) is 0 Å². The second-order valence-electron chi connectivity index (χ2n) is 7.85. The van der Waals surface area contributed by atoms with E-state index < -0.39 is 0 Å². The lowest BCUT2D eigenvalue weighted by molar-refractivity contribution is 0.0695. The molecular weight excluding hydrogens is 352 g/mol. The van der Waals surface area contributed by atoms with E-state index in [2.05, 4.69) is 33.5 Å². The lowest BCUT2D eigenvalue weighted by atomic mass is 9.96. The van der Waals surface area contributed by atoms with Crippen molar-refractivity contribution >= 4 is 11.6 Å². The quantitative estimate of drug-likeness (QED) is 0.682. The summed E-state index contributed by atoms with van der Waals surface area (Å²) >= 11 is 0. The Morgan fingerprint density at radius 2 is 2.14 bits per heavy atom. The zero-order chi connectivity index (χ0) is 19.7. The van der Waals surface area contributed by atoms with Crippen molar-refractivity contribution in [2.75, 3.05) is 33.7 Å². The summed E-state index contributed by atoms with van der Waals surface area (Å²) < 4.78 is 4.14. The Balaban J connectivity index is 1.55. The number of piperidine rings is 1. The van der Waals surface area contributed by atoms with Crippen molar-refractivity contribution in [3.8, 4) is 0 Å². The van der Waals surface area contributed by atoms with Crippen LogP contribution in [0.15, 0.2) is 36.8 Å². The highest BCUT2D eigenvalue weighted by molar-refractivity contribution is 5.94. The molecule has 0 saturated carbocycles. The summed E-state index contributed by atoms with van der Waals surface area (Å²) in [6, 6.07) is 5.82. The largest absolute Gasteiger partial charge is 0.337 e. The Morgan fingerprint density at radius 1 is 1.29 bits per heavy atom. The topological polar surface area (TPSA) is 58.7 Å². The number of aromatic nitrogens is 4. The van der Waals surface area contributed by atoms with Crippen molar-refractivity contribution < 1.29 is 4.79 Å². The Bertz CT molecular complexity index is 972. The molecule has 1 fully saturated rings. The molecule has 0 aromatic carbocycles. The molecule has 0 aliphatic carbocycles. The van der Waals surface area contributed by atoms with Crippen LogP contribution in [0.4, 0.5) is 0 Å². The number of likely N-dealkylation sites (tertiary alicyclic amines) is 1. The third-order valence-corrected chi connectivity index (χ3v) is 5.52. The van der Waals surface area contributed by atoms with Crippen molar-refractivity contribution in [3.63, 3.8) is 0 Å². The predicted octanol–water partition coefficient (Wildman–Crippen LogP) is 2.42. The van der Waals surface area contributed by atoms with Gasteiger partial charge in [0.2, 0.25) is 0 Å². The highest BCUT2D eigenvalue weighted by atomic mass is 16.2. The van der Waals surface area contributed by atoms with Crippen LogP contribution in [0, 0.1) is 6.92 Å². The van der Waals surface area contributed by atoms with Gasteiger partial charge < -0.3 is 14.4 Å². The average molecular weight is 380 g/mol. The molecule has 1 atom stereocenters. The van der Waals surface area contributed by atoms with E-state index in [4.69, 9.17) is 0 Å². The van der Waals surface area contributed by atoms with E-state index in [9.17, 15) is 4.79 Å². The van der Waals surface area contributed by atoms with Gasteiger partial charge in [0.05, 0.1) is 5.69 Å². The van der Waals surface area contributed by atoms with Gasteiger partial charge in [-0.1, -0.05) is 6.07 Å². The van der Waals surface area contributed by atoms with Crippen LogP contribution in [0.5, 0.6) is 0 Å². The Kier molecular flexibility index (Phi) is 5.17. The highest BCUT2D eigenvalue weighted by Gasteiger charge is 2.30. The number of hydrogen-bond acceptors (Lipinski definition) is 4. The second kappa shape index (κ2) is 7.75. The average Bonchev–Trinajstić information content (AvgIpc) is 3.29. The van der Waals surface area contributed by atoms with Gasteiger partial charge in [-0.25, -0.2) is 9.97 Å². The third-order valence-electron chi connectivity index (χ3n) is 5.52. The maximum atomic E-state index is 13.3. The molecule has 7 nitrogen and oxygen atoms in total. The first kappa shape index (κ1) is 18.7. The zero-order valence-electron chi connectivity index (χ0n) is 16.9. The fraction of sp³-hybridized carbons (Fsp3) is 0.476. The molecule has 0 spiro atoms. The summed E-state index contributed by atoms with van der Waals surface area (Å²) in [6.45, 7) is 5.29. The van der Waals surface area contributed by atoms with Gasteiger partial charge in [-0.2, -0.15) is 0 Å². The molecule has 0 N–H and O–H groups in total. The van der Waals surface area contributed by atoms with Crippen LogP contribution >= 0.6 is 0 Å². The molecule has 4 heterocycles. The molecule has 1 aliphatic rings. The number of carbonyl (C=O) groups excluding carboxylic acids is 1. The van der Waals surface area contributed by atoms with Crippen LogP contribution in [-0.4, -0.2) is 68.4 Å². The van der Waals surface area contributed by atoms with E-state index in [0.717, 1.165) is 49.6 Å². The van der Waals surface area contributed by atoms with Crippen LogP contribution in [-0.2, 0) is 6.54 Å². The van der Waals surface area contributed by atoms with Crippen molar-refractivity contribution in [2.45, 2.75) is 32.2 Å². The number of rotatable bonds is 5. The molecule has 0 radical (unpaired) electrons. The van der Waals surface area contributed by atoms with Crippen LogP contribution in [0.3, 0.4) is 0 Å². The smallest absolute Gasteiger partial charge is 0.272 e. The molecule has 148 valence electrons. The van der Waals surface area contributed by atoms with Gasteiger partial charge in [-0.05, 0) is 46.0 Å². The number of imidazole rings is 2. The summed E-state index contributed by atoms with van der Waals surface area (Å²) in [4.78, 5) is 26.7. The second-order valence-corrected chi connectivity index (χ2v) is 7.85. The van der Waals surface area contributed by atoms with E-state index in [1.165, 1.54) is 0 Å². The summed E-state index contributed by atoms with van der Waals surface area (Å²) in [7, 11) is 4.16. The van der Waals surface area contributed by atoms with Gasteiger partial charge >= 0.3 is 0 Å². The van der Waals surface area contributed by atoms with Gasteiger partial charge in [0.1, 0.15) is 17.2 Å². The van der Waals surface area contributed by atoms with Gasteiger partial charge in [-0.15, -0.1) is 0 Å². The number of likely N-dealkylation sites (N-methyl/N-ethyl adjacent to an activating group) is 1. The lowest BCUT2D eigenvalue weighted by Gasteiger charge is -2.32. The molecule has 28 heavy (non-hydrogen) atoms. The molecule has 4 rings (SSSR count). The normalized spacial score (nSPS) is 17.6. The Labute approximate surface area is 165 Å². The zero-order valence-corrected chi connectivity index (χ0v) is 16.9. The molecular formula is C21H28N6O. The molecule has 1 amide bonds. The van der Waals surface area contributed by atoms with Crippen LogP contribution < -0.4 is 0 Å². The molecule has 3 aromatic heterocycles. The predicted molar refractivity (Wildman–Crippen MR) is 109 cm³/mol. The van der Waals surface area contributed by atoms with Crippen LogP contribution in [0.1, 0.15) is 40.8 Å². The van der Waals surface area contributed by atoms with E-state index in [0.29, 0.717) is 12.2 Å². The lowest BCUT2D eigenvalue weighted by Crippen LogP contribution is -2.40. The van der Waals surface area contributed by atoms with Crippen LogP contribution in [0.25, 0.3) is 5.65 Å². The van der Waals surface area contributed by atoms with E-state index in [1.54, 1.807) is 0 Å². The molecule has 1 saturated heterocycles. The van der Waals surface area contributed by atoms with Crippen molar-refractivity contribution in [1.29, 1.82) is 0 Å². The third kappa shape index (κ3) is 3.54. The molecule has 0 bridgehead atoms. The van der Waals surface area contributed by atoms with Gasteiger partial charge in [0, 0.05) is 50.7 Å². The maximum Gasteiger partial charge on any atom is 0.272 e. The summed E-state index contributed by atoms with van der Waals surface area (Å²) in [5, 5.41) is 0. The van der Waals surface area contributed by atoms with Crippen molar-refractivity contribution in [2.24, 2.45) is 0 Å². The minimum atomic E-state index is 0.0623. The molecule has 1 unspecified atom stereocenters. The maximum absolute atomic E-state index is 13.3. The van der Waals surface area contributed by atoms with E-state index in [1.807, 2.05) is 53.0 Å². The van der Waals surface area contributed by atoms with Gasteiger partial charge in [-0.3, -0.25) is 9.20 Å². The van der Waals surface area contributed by atoms with E-state index >= 15 is 0 Å². The standard InChI is InChI=1S/C21H28N6O/c1-16-19(27-11-5-4-8-18(27)23-16)21(28)26-10-6-7-17(15-26)20-22-9-12-25(20)14-13-24(2)3/h4-5,8-9,11-12,17H,6-7,10,13-15H2,1-3H3.